The molecule has 1 saturated carbocycles. The highest BCUT2D eigenvalue weighted by Gasteiger charge is 2.23. The van der Waals surface area contributed by atoms with Gasteiger partial charge in [0.25, 0.3) is 0 Å². The van der Waals surface area contributed by atoms with Crippen molar-refractivity contribution >= 4 is 5.69 Å². The van der Waals surface area contributed by atoms with Crippen molar-refractivity contribution in [2.75, 3.05) is 53.3 Å². The smallest absolute Gasteiger partial charge is 0.0780 e. The van der Waals surface area contributed by atoms with E-state index in [1.165, 1.54) is 42.8 Å². The van der Waals surface area contributed by atoms with Crippen molar-refractivity contribution in [1.82, 2.24) is 19.8 Å². The van der Waals surface area contributed by atoms with Crippen LogP contribution in [0.2, 0.25) is 0 Å². The predicted octanol–water partition coefficient (Wildman–Crippen LogP) is 6.07. The van der Waals surface area contributed by atoms with Gasteiger partial charge in [0.2, 0.25) is 0 Å². The molecule has 2 aromatic rings. The van der Waals surface area contributed by atoms with Gasteiger partial charge in [0.1, 0.15) is 0 Å². The molecule has 1 saturated heterocycles. The molecule has 0 bridgehead atoms. The molecular formula is C33H57N5O2. The minimum atomic E-state index is -0.198. The summed E-state index contributed by atoms with van der Waals surface area (Å²) in [7, 11) is 10.1. The lowest BCUT2D eigenvalue weighted by molar-refractivity contribution is 0.109. The molecule has 0 amide bonds. The standard InChI is InChI=1S/C16H27N3O.C11H18N2.C6H12O/c1-5-12(2)14-6-7-16(15(17-14)11-18(3)4)19-9-8-13(20)10-19;1-9(2)11-7-5-6-10(12-11)8-13(3)4;1-7-6-4-2-3-5-6/h6-7,12-13,20H,5,8-11H2,1-4H3;5-7,9H,8H2,1-4H3;6H,2-5H2,1H3. The van der Waals surface area contributed by atoms with Crippen molar-refractivity contribution in [3.05, 3.63) is 53.1 Å². The van der Waals surface area contributed by atoms with Crippen LogP contribution in [-0.2, 0) is 17.8 Å². The molecule has 226 valence electrons. The second kappa shape index (κ2) is 17.7. The first-order chi connectivity index (χ1) is 19.0. The van der Waals surface area contributed by atoms with Gasteiger partial charge in [-0.05, 0) is 90.0 Å². The minimum Gasteiger partial charge on any atom is -0.391 e. The Labute approximate surface area is 245 Å². The zero-order valence-corrected chi connectivity index (χ0v) is 26.9. The predicted molar refractivity (Wildman–Crippen MR) is 168 cm³/mol. The highest BCUT2D eigenvalue weighted by molar-refractivity contribution is 5.52. The van der Waals surface area contributed by atoms with Crippen LogP contribution < -0.4 is 4.90 Å². The Bertz CT molecular complexity index is 975. The molecule has 2 aromatic heterocycles. The van der Waals surface area contributed by atoms with Crippen molar-refractivity contribution < 1.29 is 9.84 Å². The Morgan fingerprint density at radius 2 is 1.60 bits per heavy atom. The van der Waals surface area contributed by atoms with Crippen LogP contribution in [0.1, 0.15) is 101 Å². The van der Waals surface area contributed by atoms with E-state index < -0.39 is 0 Å². The number of methoxy groups -OCH3 is 1. The van der Waals surface area contributed by atoms with Crippen LogP contribution in [0.4, 0.5) is 5.69 Å². The second-order valence-electron chi connectivity index (χ2n) is 12.2. The van der Waals surface area contributed by atoms with Crippen molar-refractivity contribution in [2.45, 2.75) is 103 Å². The number of ether oxygens (including phenoxy) is 1. The number of β-amino-alcohol motifs (C(OH)–C–C–N with tert-alkyl or cyclic N) is 1. The van der Waals surface area contributed by atoms with E-state index in [9.17, 15) is 5.11 Å². The van der Waals surface area contributed by atoms with Crippen molar-refractivity contribution in [2.24, 2.45) is 0 Å². The van der Waals surface area contributed by atoms with Crippen LogP contribution in [0, 0.1) is 0 Å². The third-order valence-electron chi connectivity index (χ3n) is 7.59. The lowest BCUT2D eigenvalue weighted by Gasteiger charge is -2.23. The van der Waals surface area contributed by atoms with E-state index in [4.69, 9.17) is 9.72 Å². The number of nitrogens with zero attached hydrogens (tertiary/aromatic N) is 5. The fourth-order valence-corrected chi connectivity index (χ4v) is 5.01. The molecule has 7 heteroatoms. The van der Waals surface area contributed by atoms with Gasteiger partial charge >= 0.3 is 0 Å². The molecule has 1 aliphatic carbocycles. The molecule has 3 heterocycles. The van der Waals surface area contributed by atoms with Gasteiger partial charge in [-0.3, -0.25) is 9.97 Å². The third kappa shape index (κ3) is 11.8. The zero-order valence-electron chi connectivity index (χ0n) is 26.9. The summed E-state index contributed by atoms with van der Waals surface area (Å²) >= 11 is 0. The molecule has 2 unspecified atom stereocenters. The van der Waals surface area contributed by atoms with Crippen LogP contribution in [0.15, 0.2) is 30.3 Å². The average molecular weight is 556 g/mol. The molecule has 1 N–H and O–H groups in total. The number of aliphatic hydroxyl groups is 1. The van der Waals surface area contributed by atoms with E-state index in [2.05, 4.69) is 106 Å². The number of hydrogen-bond acceptors (Lipinski definition) is 7. The van der Waals surface area contributed by atoms with Gasteiger partial charge in [-0.15, -0.1) is 0 Å². The Morgan fingerprint density at radius 3 is 2.10 bits per heavy atom. The topological polar surface area (TPSA) is 65.0 Å². The number of rotatable bonds is 9. The zero-order chi connectivity index (χ0) is 29.7. The third-order valence-corrected chi connectivity index (χ3v) is 7.59. The van der Waals surface area contributed by atoms with E-state index in [0.717, 1.165) is 50.4 Å². The van der Waals surface area contributed by atoms with Crippen LogP contribution in [0.5, 0.6) is 0 Å². The first-order valence-electron chi connectivity index (χ1n) is 15.2. The van der Waals surface area contributed by atoms with E-state index in [1.54, 1.807) is 7.11 Å². The summed E-state index contributed by atoms with van der Waals surface area (Å²) in [5.74, 6) is 1.01. The number of pyridine rings is 2. The fraction of sp³-hybridized carbons (Fsp3) is 0.697. The highest BCUT2D eigenvalue weighted by Crippen LogP contribution is 2.27. The van der Waals surface area contributed by atoms with Gasteiger partial charge in [-0.2, -0.15) is 0 Å². The molecule has 2 fully saturated rings. The number of anilines is 1. The quantitative estimate of drug-likeness (QED) is 0.403. The Balaban J connectivity index is 0.000000238. The summed E-state index contributed by atoms with van der Waals surface area (Å²) in [6.45, 7) is 12.2. The SMILES string of the molecule is CC(C)c1cccc(CN(C)C)n1.CCC(C)c1ccc(N2CCC(O)C2)c(CN(C)C)n1.COC1CCCC1. The molecule has 0 spiro atoms. The maximum atomic E-state index is 9.74. The van der Waals surface area contributed by atoms with E-state index in [0.29, 0.717) is 17.9 Å². The first kappa shape index (κ1) is 34.1. The van der Waals surface area contributed by atoms with Crippen LogP contribution >= 0.6 is 0 Å². The van der Waals surface area contributed by atoms with Crippen LogP contribution in [0.25, 0.3) is 0 Å². The Morgan fingerprint density at radius 1 is 0.925 bits per heavy atom. The molecule has 0 radical (unpaired) electrons. The fourth-order valence-electron chi connectivity index (χ4n) is 5.01. The van der Waals surface area contributed by atoms with E-state index >= 15 is 0 Å². The summed E-state index contributed by atoms with van der Waals surface area (Å²) in [4.78, 5) is 16.0. The molecule has 2 atom stereocenters. The van der Waals surface area contributed by atoms with Crippen LogP contribution in [-0.4, -0.2) is 85.5 Å². The minimum absolute atomic E-state index is 0.198. The first-order valence-corrected chi connectivity index (χ1v) is 15.2. The summed E-state index contributed by atoms with van der Waals surface area (Å²) in [6, 6.07) is 10.6. The van der Waals surface area contributed by atoms with Crippen molar-refractivity contribution in [1.29, 1.82) is 0 Å². The van der Waals surface area contributed by atoms with Crippen LogP contribution in [0.3, 0.4) is 0 Å². The van der Waals surface area contributed by atoms with Gasteiger partial charge in [-0.1, -0.05) is 46.6 Å². The molecular weight excluding hydrogens is 498 g/mol. The van der Waals surface area contributed by atoms with Gasteiger partial charge in [0.15, 0.2) is 0 Å². The van der Waals surface area contributed by atoms with Gasteiger partial charge in [0, 0.05) is 44.7 Å². The Hall–Kier alpha value is -2.06. The monoisotopic (exact) mass is 555 g/mol. The molecule has 1 aliphatic heterocycles. The lowest BCUT2D eigenvalue weighted by Crippen LogP contribution is -2.25. The summed E-state index contributed by atoms with van der Waals surface area (Å²) < 4.78 is 5.11. The average Bonchev–Trinajstić information content (AvgIpc) is 3.60. The maximum absolute atomic E-state index is 9.74. The number of aliphatic hydroxyl groups excluding tert-OH is 1. The van der Waals surface area contributed by atoms with Crippen molar-refractivity contribution in [3.8, 4) is 0 Å². The lowest BCUT2D eigenvalue weighted by atomic mass is 10.0. The van der Waals surface area contributed by atoms with Gasteiger partial charge in [-0.25, -0.2) is 0 Å². The molecule has 4 rings (SSSR count). The van der Waals surface area contributed by atoms with Gasteiger partial charge in [0.05, 0.1) is 29.3 Å². The highest BCUT2D eigenvalue weighted by atomic mass is 16.5. The van der Waals surface area contributed by atoms with E-state index in [-0.39, 0.29) is 6.10 Å². The Kier molecular flexibility index (Phi) is 15.1. The molecule has 40 heavy (non-hydrogen) atoms. The molecule has 7 nitrogen and oxygen atoms in total. The molecule has 0 aromatic carbocycles. The number of hydrogen-bond donors (Lipinski definition) is 1. The summed E-state index contributed by atoms with van der Waals surface area (Å²) in [5.41, 5.74) is 5.81. The molecule has 2 aliphatic rings. The second-order valence-corrected chi connectivity index (χ2v) is 12.2. The maximum Gasteiger partial charge on any atom is 0.0780 e. The number of aromatic nitrogens is 2. The van der Waals surface area contributed by atoms with E-state index in [1.807, 2.05) is 0 Å². The van der Waals surface area contributed by atoms with Crippen molar-refractivity contribution in [3.63, 3.8) is 0 Å². The summed E-state index contributed by atoms with van der Waals surface area (Å²) in [5, 5.41) is 9.74. The van der Waals surface area contributed by atoms with Gasteiger partial charge < -0.3 is 24.5 Å². The normalized spacial score (nSPS) is 18.1. The largest absolute Gasteiger partial charge is 0.391 e. The summed E-state index contributed by atoms with van der Waals surface area (Å²) in [6.07, 6.45) is 7.69.